The van der Waals surface area contributed by atoms with E-state index < -0.39 is 10.0 Å². The number of nitrogens with one attached hydrogen (secondary N) is 1. The van der Waals surface area contributed by atoms with Crippen molar-refractivity contribution in [1.82, 2.24) is 9.62 Å². The smallest absolute Gasteiger partial charge is 0.243 e. The average Bonchev–Trinajstić information content (AvgIpc) is 2.45. The van der Waals surface area contributed by atoms with Gasteiger partial charge in [0.1, 0.15) is 0 Å². The first-order valence-electron chi connectivity index (χ1n) is 7.05. The van der Waals surface area contributed by atoms with Gasteiger partial charge in [-0.3, -0.25) is 0 Å². The second kappa shape index (κ2) is 8.17. The van der Waals surface area contributed by atoms with Gasteiger partial charge in [-0.25, -0.2) is 8.42 Å². The summed E-state index contributed by atoms with van der Waals surface area (Å²) in [6.07, 6.45) is 2.89. The maximum atomic E-state index is 12.8. The normalized spacial score (nSPS) is 13.6. The van der Waals surface area contributed by atoms with Crippen molar-refractivity contribution >= 4 is 21.8 Å². The molecule has 4 nitrogen and oxygen atoms in total. The number of rotatable bonds is 8. The summed E-state index contributed by atoms with van der Waals surface area (Å²) >= 11 is 1.74. The predicted molar refractivity (Wildman–Crippen MR) is 91.4 cm³/mol. The van der Waals surface area contributed by atoms with Crippen LogP contribution in [0.2, 0.25) is 0 Å². The molecule has 21 heavy (non-hydrogen) atoms. The molecule has 0 heterocycles. The molecule has 6 heteroatoms. The molecular formula is C15H26N2O2S2. The van der Waals surface area contributed by atoms with Crippen molar-refractivity contribution in [2.45, 2.75) is 37.8 Å². The van der Waals surface area contributed by atoms with Crippen LogP contribution in [0.4, 0.5) is 0 Å². The van der Waals surface area contributed by atoms with Crippen LogP contribution in [0.25, 0.3) is 0 Å². The minimum atomic E-state index is -3.44. The zero-order chi connectivity index (χ0) is 16.0. The van der Waals surface area contributed by atoms with Crippen molar-refractivity contribution in [2.75, 3.05) is 26.1 Å². The van der Waals surface area contributed by atoms with Crippen molar-refractivity contribution < 1.29 is 8.42 Å². The third-order valence-electron chi connectivity index (χ3n) is 3.65. The lowest BCUT2D eigenvalue weighted by atomic mass is 10.1. The Morgan fingerprint density at radius 2 is 2.05 bits per heavy atom. The van der Waals surface area contributed by atoms with Crippen LogP contribution in [-0.4, -0.2) is 44.9 Å². The molecule has 0 aliphatic carbocycles. The second-order valence-electron chi connectivity index (χ2n) is 5.28. The summed E-state index contributed by atoms with van der Waals surface area (Å²) in [4.78, 5) is 0.411. The fourth-order valence-corrected chi connectivity index (χ4v) is 4.34. The number of benzene rings is 1. The van der Waals surface area contributed by atoms with E-state index in [0.29, 0.717) is 11.4 Å². The molecule has 0 saturated carbocycles. The number of hydrogen-bond acceptors (Lipinski definition) is 4. The molecule has 1 rings (SSSR count). The van der Waals surface area contributed by atoms with Crippen LogP contribution in [0.1, 0.15) is 24.5 Å². The van der Waals surface area contributed by atoms with E-state index in [1.165, 1.54) is 4.31 Å². The summed E-state index contributed by atoms with van der Waals surface area (Å²) in [6, 6.07) is 5.61. The zero-order valence-corrected chi connectivity index (χ0v) is 15.1. The minimum Gasteiger partial charge on any atom is -0.316 e. The van der Waals surface area contributed by atoms with Crippen LogP contribution in [0.15, 0.2) is 23.1 Å². The van der Waals surface area contributed by atoms with Crippen LogP contribution < -0.4 is 5.32 Å². The molecule has 1 aromatic carbocycles. The second-order valence-corrected chi connectivity index (χ2v) is 8.23. The molecule has 1 unspecified atom stereocenters. The van der Waals surface area contributed by atoms with E-state index in [0.717, 1.165) is 23.3 Å². The highest BCUT2D eigenvalue weighted by Crippen LogP contribution is 2.23. The molecular weight excluding hydrogens is 304 g/mol. The molecule has 1 aromatic rings. The molecule has 1 atom stereocenters. The van der Waals surface area contributed by atoms with Gasteiger partial charge < -0.3 is 5.32 Å². The Balaban J connectivity index is 3.08. The Morgan fingerprint density at radius 1 is 1.38 bits per heavy atom. The Bertz CT molecular complexity index is 559. The van der Waals surface area contributed by atoms with Crippen LogP contribution in [0.3, 0.4) is 0 Å². The van der Waals surface area contributed by atoms with E-state index in [1.807, 2.05) is 39.3 Å². The first kappa shape index (κ1) is 18.5. The van der Waals surface area contributed by atoms with Gasteiger partial charge in [-0.1, -0.05) is 12.1 Å². The monoisotopic (exact) mass is 330 g/mol. The van der Waals surface area contributed by atoms with Crippen molar-refractivity contribution in [2.24, 2.45) is 0 Å². The molecule has 0 bridgehead atoms. The van der Waals surface area contributed by atoms with Crippen molar-refractivity contribution in [3.8, 4) is 0 Å². The van der Waals surface area contributed by atoms with E-state index in [1.54, 1.807) is 24.9 Å². The molecule has 0 aliphatic heterocycles. The van der Waals surface area contributed by atoms with Crippen LogP contribution in [0, 0.1) is 6.92 Å². The van der Waals surface area contributed by atoms with Crippen LogP contribution >= 0.6 is 11.8 Å². The zero-order valence-electron chi connectivity index (χ0n) is 13.5. The maximum Gasteiger partial charge on any atom is 0.243 e. The molecule has 0 amide bonds. The van der Waals surface area contributed by atoms with Crippen molar-refractivity contribution in [1.29, 1.82) is 0 Å². The van der Waals surface area contributed by atoms with Gasteiger partial charge in [-0.15, -0.1) is 0 Å². The largest absolute Gasteiger partial charge is 0.316 e. The van der Waals surface area contributed by atoms with Crippen LogP contribution in [0.5, 0.6) is 0 Å². The lowest BCUT2D eigenvalue weighted by Gasteiger charge is -2.25. The molecule has 0 aromatic heterocycles. The Labute approximate surface area is 133 Å². The van der Waals surface area contributed by atoms with E-state index >= 15 is 0 Å². The van der Waals surface area contributed by atoms with Gasteiger partial charge in [-0.2, -0.15) is 16.1 Å². The third kappa shape index (κ3) is 4.71. The maximum absolute atomic E-state index is 12.8. The highest BCUT2D eigenvalue weighted by Gasteiger charge is 2.26. The van der Waals surface area contributed by atoms with Gasteiger partial charge in [0.25, 0.3) is 0 Å². The topological polar surface area (TPSA) is 49.4 Å². The van der Waals surface area contributed by atoms with E-state index in [9.17, 15) is 8.42 Å². The summed E-state index contributed by atoms with van der Waals surface area (Å²) in [5.74, 6) is 0.958. The van der Waals surface area contributed by atoms with Crippen molar-refractivity contribution in [3.05, 3.63) is 29.3 Å². The van der Waals surface area contributed by atoms with Gasteiger partial charge >= 0.3 is 0 Å². The fourth-order valence-electron chi connectivity index (χ4n) is 2.10. The summed E-state index contributed by atoms with van der Waals surface area (Å²) in [7, 11) is 0.0791. The van der Waals surface area contributed by atoms with E-state index in [-0.39, 0.29) is 6.04 Å². The predicted octanol–water partition coefficient (Wildman–Crippen LogP) is 2.48. The number of thioether (sulfide) groups is 1. The molecule has 0 aliphatic rings. The van der Waals surface area contributed by atoms with E-state index in [2.05, 4.69) is 5.32 Å². The third-order valence-corrected chi connectivity index (χ3v) is 6.41. The molecule has 120 valence electrons. The Morgan fingerprint density at radius 3 is 2.62 bits per heavy atom. The summed E-state index contributed by atoms with van der Waals surface area (Å²) in [5, 5.41) is 3.05. The standard InChI is InChI=1S/C15H26N2O2S2/c1-12-6-7-14(11-16-3)10-15(12)21(18,19)17(4)13(2)8-9-20-5/h6-7,10,13,16H,8-9,11H2,1-5H3. The minimum absolute atomic E-state index is 0.00481. The number of nitrogens with zero attached hydrogens (tertiary/aromatic N) is 1. The van der Waals surface area contributed by atoms with Crippen molar-refractivity contribution in [3.63, 3.8) is 0 Å². The van der Waals surface area contributed by atoms with Gasteiger partial charge in [0.05, 0.1) is 4.90 Å². The average molecular weight is 331 g/mol. The highest BCUT2D eigenvalue weighted by molar-refractivity contribution is 7.98. The summed E-state index contributed by atoms with van der Waals surface area (Å²) in [5.41, 5.74) is 1.77. The first-order chi connectivity index (χ1) is 9.84. The lowest BCUT2D eigenvalue weighted by molar-refractivity contribution is 0.382. The van der Waals surface area contributed by atoms with Gasteiger partial charge in [-0.05, 0) is 56.5 Å². The molecule has 0 fully saturated rings. The number of hydrogen-bond donors (Lipinski definition) is 1. The van der Waals surface area contributed by atoms with E-state index in [4.69, 9.17) is 0 Å². The molecule has 0 radical (unpaired) electrons. The molecule has 0 saturated heterocycles. The molecule has 1 N–H and O–H groups in total. The lowest BCUT2D eigenvalue weighted by Crippen LogP contribution is -2.35. The fraction of sp³-hybridized carbons (Fsp3) is 0.600. The Kier molecular flexibility index (Phi) is 7.20. The quantitative estimate of drug-likeness (QED) is 0.795. The SMILES string of the molecule is CNCc1ccc(C)c(S(=O)(=O)N(C)C(C)CCSC)c1. The van der Waals surface area contributed by atoms with Gasteiger partial charge in [0.15, 0.2) is 0 Å². The van der Waals surface area contributed by atoms with Gasteiger partial charge in [0.2, 0.25) is 10.0 Å². The summed E-state index contributed by atoms with van der Waals surface area (Å²) in [6.45, 7) is 4.46. The van der Waals surface area contributed by atoms with Crippen LogP contribution in [-0.2, 0) is 16.6 Å². The number of aryl methyl sites for hydroxylation is 1. The van der Waals surface area contributed by atoms with Gasteiger partial charge in [0, 0.05) is 19.6 Å². The highest BCUT2D eigenvalue weighted by atomic mass is 32.2. The molecule has 0 spiro atoms. The Hall–Kier alpha value is -0.560. The first-order valence-corrected chi connectivity index (χ1v) is 9.89. The summed E-state index contributed by atoms with van der Waals surface area (Å²) < 4.78 is 27.1. The number of sulfonamides is 1.